The van der Waals surface area contributed by atoms with Crippen molar-refractivity contribution in [1.82, 2.24) is 4.81 Å². The first-order chi connectivity index (χ1) is 5.43. The molecular formula is C9H15BClN. The first kappa shape index (κ1) is 9.72. The van der Waals surface area contributed by atoms with Gasteiger partial charge >= 0.3 is 6.26 Å². The quantitative estimate of drug-likeness (QED) is 0.522. The highest BCUT2D eigenvalue weighted by atomic mass is 35.5. The molecule has 12 heavy (non-hydrogen) atoms. The van der Waals surface area contributed by atoms with Crippen molar-refractivity contribution in [3.05, 3.63) is 23.8 Å². The van der Waals surface area contributed by atoms with Crippen LogP contribution in [0, 0.1) is 0 Å². The maximum absolute atomic E-state index is 6.22. The molecule has 1 heterocycles. The van der Waals surface area contributed by atoms with E-state index in [4.69, 9.17) is 11.5 Å². The molecule has 0 fully saturated rings. The fourth-order valence-electron chi connectivity index (χ4n) is 1.23. The van der Waals surface area contributed by atoms with Crippen molar-refractivity contribution in [1.29, 1.82) is 0 Å². The van der Waals surface area contributed by atoms with Gasteiger partial charge < -0.3 is 4.81 Å². The van der Waals surface area contributed by atoms with Crippen LogP contribution in [0.1, 0.15) is 27.7 Å². The summed E-state index contributed by atoms with van der Waals surface area (Å²) in [7, 11) is 0. The zero-order chi connectivity index (χ0) is 9.35. The minimum atomic E-state index is 0.00926. The van der Waals surface area contributed by atoms with Gasteiger partial charge in [0.1, 0.15) is 0 Å². The Morgan fingerprint density at radius 3 is 2.42 bits per heavy atom. The highest BCUT2D eigenvalue weighted by Gasteiger charge is 2.30. The molecule has 0 bridgehead atoms. The lowest BCUT2D eigenvalue weighted by molar-refractivity contribution is 0.327. The molecule has 1 rings (SSSR count). The first-order valence-electron chi connectivity index (χ1n) is 4.20. The number of hydrogen-bond donors (Lipinski definition) is 0. The molecule has 0 aromatic rings. The molecule has 1 aliphatic heterocycles. The van der Waals surface area contributed by atoms with Crippen LogP contribution in [0.2, 0.25) is 0 Å². The van der Waals surface area contributed by atoms with E-state index in [1.807, 2.05) is 12.3 Å². The van der Waals surface area contributed by atoms with Crippen molar-refractivity contribution in [3.63, 3.8) is 0 Å². The Kier molecular flexibility index (Phi) is 2.57. The van der Waals surface area contributed by atoms with Gasteiger partial charge in [0, 0.05) is 5.54 Å². The van der Waals surface area contributed by atoms with Gasteiger partial charge in [-0.25, -0.2) is 0 Å². The summed E-state index contributed by atoms with van der Waals surface area (Å²) in [5.41, 5.74) is 1.30. The lowest BCUT2D eigenvalue weighted by Gasteiger charge is -2.38. The average Bonchev–Trinajstić information content (AvgIpc) is 1.92. The third-order valence-electron chi connectivity index (χ3n) is 2.00. The highest BCUT2D eigenvalue weighted by Crippen LogP contribution is 2.24. The molecule has 0 aromatic heterocycles. The zero-order valence-electron chi connectivity index (χ0n) is 8.13. The second-order valence-corrected chi connectivity index (χ2v) is 4.58. The summed E-state index contributed by atoms with van der Waals surface area (Å²) < 4.78 is 0. The molecule has 0 amide bonds. The largest absolute Gasteiger partial charge is 0.399 e. The predicted molar refractivity (Wildman–Crippen MR) is 56.1 cm³/mol. The molecule has 0 spiro atoms. The van der Waals surface area contributed by atoms with Crippen LogP contribution in [0.15, 0.2) is 23.8 Å². The Bertz CT molecular complexity index is 227. The van der Waals surface area contributed by atoms with Crippen LogP contribution in [-0.2, 0) is 0 Å². The molecule has 0 atom stereocenters. The Labute approximate surface area is 80.1 Å². The van der Waals surface area contributed by atoms with Crippen molar-refractivity contribution in [2.45, 2.75) is 33.2 Å². The van der Waals surface area contributed by atoms with E-state index in [0.717, 1.165) is 0 Å². The van der Waals surface area contributed by atoms with E-state index in [1.54, 1.807) is 0 Å². The number of allylic oxidation sites excluding steroid dienone is 3. The van der Waals surface area contributed by atoms with E-state index < -0.39 is 0 Å². The van der Waals surface area contributed by atoms with Gasteiger partial charge in [0.15, 0.2) is 0 Å². The molecule has 0 unspecified atom stereocenters. The van der Waals surface area contributed by atoms with Gasteiger partial charge in [-0.15, -0.1) is 0 Å². The van der Waals surface area contributed by atoms with E-state index in [2.05, 4.69) is 38.6 Å². The van der Waals surface area contributed by atoms with Crippen LogP contribution in [-0.4, -0.2) is 16.6 Å². The Morgan fingerprint density at radius 1 is 1.42 bits per heavy atom. The normalized spacial score (nSPS) is 18.2. The second-order valence-electron chi connectivity index (χ2n) is 4.17. The summed E-state index contributed by atoms with van der Waals surface area (Å²) in [5, 5.41) is 0. The fraction of sp³-hybridized carbons (Fsp3) is 0.556. The maximum Gasteiger partial charge on any atom is 0.390 e. The van der Waals surface area contributed by atoms with E-state index in [1.165, 1.54) is 5.47 Å². The molecule has 0 saturated heterocycles. The van der Waals surface area contributed by atoms with Crippen molar-refractivity contribution in [3.8, 4) is 0 Å². The molecule has 0 aliphatic carbocycles. The fourth-order valence-corrected chi connectivity index (χ4v) is 1.66. The number of hydrogen-bond acceptors (Lipinski definition) is 1. The minimum absolute atomic E-state index is 0.00926. The Balaban J connectivity index is 2.84. The summed E-state index contributed by atoms with van der Waals surface area (Å²) >= 11 is 6.22. The van der Waals surface area contributed by atoms with Gasteiger partial charge in [-0.05, 0) is 40.0 Å². The topological polar surface area (TPSA) is 3.24 Å². The van der Waals surface area contributed by atoms with E-state index in [0.29, 0.717) is 0 Å². The van der Waals surface area contributed by atoms with E-state index in [9.17, 15) is 0 Å². The molecule has 0 N–H and O–H groups in total. The molecular weight excluding hydrogens is 168 g/mol. The molecule has 0 radical (unpaired) electrons. The Morgan fingerprint density at radius 2 is 2.00 bits per heavy atom. The number of nitrogens with zero attached hydrogens (tertiary/aromatic N) is 1. The summed E-state index contributed by atoms with van der Waals surface area (Å²) in [5.74, 6) is 0. The van der Waals surface area contributed by atoms with Crippen LogP contribution >= 0.6 is 11.5 Å². The standard InChI is InChI=1S/C9H15BClN/c1-8-6-5-7-12(10(8)11)9(2,3)4/h5-7H,1-4H3. The van der Waals surface area contributed by atoms with Gasteiger partial charge in [0.25, 0.3) is 0 Å². The first-order valence-corrected chi connectivity index (χ1v) is 4.64. The molecule has 1 nitrogen and oxygen atoms in total. The molecule has 0 aromatic carbocycles. The van der Waals surface area contributed by atoms with Gasteiger partial charge in [0.2, 0.25) is 0 Å². The minimum Gasteiger partial charge on any atom is -0.399 e. The summed E-state index contributed by atoms with van der Waals surface area (Å²) in [4.78, 5) is 2.16. The summed E-state index contributed by atoms with van der Waals surface area (Å²) in [6.45, 7) is 8.53. The highest BCUT2D eigenvalue weighted by molar-refractivity contribution is 7.09. The second kappa shape index (κ2) is 3.17. The van der Waals surface area contributed by atoms with Crippen molar-refractivity contribution < 1.29 is 0 Å². The lowest BCUT2D eigenvalue weighted by atomic mass is 9.74. The molecule has 0 saturated carbocycles. The molecule has 1 aliphatic rings. The zero-order valence-corrected chi connectivity index (χ0v) is 8.89. The number of rotatable bonds is 0. The van der Waals surface area contributed by atoms with Crippen LogP contribution in [0.25, 0.3) is 0 Å². The van der Waals surface area contributed by atoms with Crippen molar-refractivity contribution in [2.24, 2.45) is 0 Å². The lowest BCUT2D eigenvalue weighted by Crippen LogP contribution is -2.46. The van der Waals surface area contributed by atoms with E-state index >= 15 is 0 Å². The van der Waals surface area contributed by atoms with Crippen LogP contribution in [0.4, 0.5) is 0 Å². The Hall–Kier alpha value is -0.365. The molecule has 66 valence electrons. The van der Waals surface area contributed by atoms with Crippen LogP contribution < -0.4 is 0 Å². The van der Waals surface area contributed by atoms with Crippen molar-refractivity contribution >= 4 is 17.7 Å². The predicted octanol–water partition coefficient (Wildman–Crippen LogP) is 2.83. The monoisotopic (exact) mass is 183 g/mol. The summed E-state index contributed by atoms with van der Waals surface area (Å²) in [6, 6.07) is 0. The van der Waals surface area contributed by atoms with Gasteiger partial charge in [0.05, 0.1) is 0 Å². The van der Waals surface area contributed by atoms with Crippen LogP contribution in [0.3, 0.4) is 0 Å². The van der Waals surface area contributed by atoms with Gasteiger partial charge in [-0.1, -0.05) is 11.5 Å². The maximum atomic E-state index is 6.22. The summed E-state index contributed by atoms with van der Waals surface area (Å²) in [6.07, 6.45) is 6.15. The smallest absolute Gasteiger partial charge is 0.390 e. The molecule has 3 heteroatoms. The van der Waals surface area contributed by atoms with Crippen molar-refractivity contribution in [2.75, 3.05) is 0 Å². The third kappa shape index (κ3) is 1.86. The van der Waals surface area contributed by atoms with Crippen LogP contribution in [0.5, 0.6) is 0 Å². The average molecular weight is 183 g/mol. The van der Waals surface area contributed by atoms with E-state index in [-0.39, 0.29) is 11.8 Å². The third-order valence-corrected chi connectivity index (χ3v) is 2.55. The van der Waals surface area contributed by atoms with Gasteiger partial charge in [-0.2, -0.15) is 11.5 Å². The van der Waals surface area contributed by atoms with Gasteiger partial charge in [-0.3, -0.25) is 0 Å². The number of halogens is 1. The SMILES string of the molecule is CC1=CC=CN(C(C)(C)C)B1Cl.